The predicted octanol–water partition coefficient (Wildman–Crippen LogP) is 1.74. The summed E-state index contributed by atoms with van der Waals surface area (Å²) in [6.07, 6.45) is 7.00. The van der Waals surface area contributed by atoms with Crippen molar-refractivity contribution in [2.45, 2.75) is 64.0 Å². The molecule has 0 aliphatic heterocycles. The second-order valence-corrected chi connectivity index (χ2v) is 7.00. The van der Waals surface area contributed by atoms with Gasteiger partial charge in [-0.2, -0.15) is 0 Å². The maximum Gasteiger partial charge on any atom is 0.238 e. The van der Waals surface area contributed by atoms with Crippen molar-refractivity contribution < 1.29 is 4.79 Å². The van der Waals surface area contributed by atoms with Crippen molar-refractivity contribution in [3.8, 4) is 0 Å². The Balaban J connectivity index is 1.91. The number of nitrogens with two attached hydrogens (primary N) is 1. The first-order chi connectivity index (χ1) is 9.49. The summed E-state index contributed by atoms with van der Waals surface area (Å²) in [6.45, 7) is 6.87. The second kappa shape index (κ2) is 6.44. The topological polar surface area (TPSA) is 58.4 Å². The molecule has 2 saturated carbocycles. The van der Waals surface area contributed by atoms with Gasteiger partial charge in [-0.05, 0) is 71.4 Å². The van der Waals surface area contributed by atoms with Gasteiger partial charge < -0.3 is 16.0 Å². The molecular weight excluding hydrogens is 250 g/mol. The van der Waals surface area contributed by atoms with Crippen molar-refractivity contribution in [3.05, 3.63) is 0 Å². The van der Waals surface area contributed by atoms with E-state index >= 15 is 0 Å². The molecule has 0 saturated heterocycles. The van der Waals surface area contributed by atoms with E-state index in [9.17, 15) is 4.79 Å². The van der Waals surface area contributed by atoms with E-state index in [1.54, 1.807) is 0 Å². The molecule has 0 spiro atoms. The highest BCUT2D eigenvalue weighted by atomic mass is 16.1. The lowest BCUT2D eigenvalue weighted by atomic mass is 9.84. The maximum absolute atomic E-state index is 11.9. The molecule has 20 heavy (non-hydrogen) atoms. The van der Waals surface area contributed by atoms with Gasteiger partial charge in [0.05, 0.1) is 0 Å². The smallest absolute Gasteiger partial charge is 0.238 e. The number of nitrogens with one attached hydrogen (secondary N) is 1. The van der Waals surface area contributed by atoms with Gasteiger partial charge in [0.15, 0.2) is 0 Å². The number of likely N-dealkylation sites (N-methyl/N-ethyl adjacent to an activating group) is 1. The van der Waals surface area contributed by atoms with Crippen LogP contribution in [0.2, 0.25) is 0 Å². The molecule has 0 aromatic heterocycles. The first kappa shape index (κ1) is 15.8. The number of hydrogen-bond acceptors (Lipinski definition) is 3. The third kappa shape index (κ3) is 3.34. The van der Waals surface area contributed by atoms with E-state index in [0.717, 1.165) is 38.1 Å². The molecule has 1 amide bonds. The fourth-order valence-electron chi connectivity index (χ4n) is 3.76. The number of nitrogens with zero attached hydrogens (tertiary/aromatic N) is 1. The minimum atomic E-state index is -0.456. The molecule has 4 heteroatoms. The lowest BCUT2D eigenvalue weighted by Gasteiger charge is -2.34. The summed E-state index contributed by atoms with van der Waals surface area (Å²) in [7, 11) is 1.88. The summed E-state index contributed by atoms with van der Waals surface area (Å²) >= 11 is 0. The summed E-state index contributed by atoms with van der Waals surface area (Å²) < 4.78 is 0. The molecule has 0 bridgehead atoms. The molecule has 2 unspecified atom stereocenters. The number of amides is 1. The third-order valence-electron chi connectivity index (χ3n) is 5.39. The van der Waals surface area contributed by atoms with E-state index in [2.05, 4.69) is 24.1 Å². The Kier molecular flexibility index (Phi) is 5.08. The molecule has 4 nitrogen and oxygen atoms in total. The number of carbonyl (C=O) groups excluding carboxylic acids is 1. The van der Waals surface area contributed by atoms with E-state index in [-0.39, 0.29) is 5.91 Å². The highest BCUT2D eigenvalue weighted by Gasteiger charge is 2.46. The Bertz CT molecular complexity index is 341. The van der Waals surface area contributed by atoms with Gasteiger partial charge in [0.2, 0.25) is 5.91 Å². The van der Waals surface area contributed by atoms with Gasteiger partial charge >= 0.3 is 0 Å². The fraction of sp³-hybridized carbons (Fsp3) is 0.938. The predicted molar refractivity (Wildman–Crippen MR) is 82.4 cm³/mol. The molecule has 2 rings (SSSR count). The van der Waals surface area contributed by atoms with Crippen molar-refractivity contribution in [2.75, 3.05) is 20.1 Å². The van der Waals surface area contributed by atoms with Gasteiger partial charge in [-0.3, -0.25) is 4.79 Å². The molecular formula is C16H31N3O. The van der Waals surface area contributed by atoms with Crippen LogP contribution in [0.3, 0.4) is 0 Å². The second-order valence-electron chi connectivity index (χ2n) is 7.00. The van der Waals surface area contributed by atoms with Crippen LogP contribution in [0.1, 0.15) is 52.4 Å². The molecule has 2 fully saturated rings. The van der Waals surface area contributed by atoms with E-state index in [4.69, 9.17) is 5.73 Å². The first-order valence-corrected chi connectivity index (χ1v) is 8.22. The van der Waals surface area contributed by atoms with Crippen LogP contribution in [0.15, 0.2) is 0 Å². The number of hydrogen-bond donors (Lipinski definition) is 2. The zero-order valence-electron chi connectivity index (χ0n) is 13.3. The SMILES string of the molecule is CNC1(C(N)=O)CCCC1CCN(CC1CC1)C(C)C. The minimum Gasteiger partial charge on any atom is -0.368 e. The van der Waals surface area contributed by atoms with Crippen molar-refractivity contribution in [1.82, 2.24) is 10.2 Å². The van der Waals surface area contributed by atoms with Gasteiger partial charge in [-0.25, -0.2) is 0 Å². The van der Waals surface area contributed by atoms with Gasteiger partial charge in [-0.15, -0.1) is 0 Å². The van der Waals surface area contributed by atoms with Crippen molar-refractivity contribution >= 4 is 5.91 Å². The molecule has 0 radical (unpaired) electrons. The maximum atomic E-state index is 11.9. The first-order valence-electron chi connectivity index (χ1n) is 8.22. The molecule has 2 aliphatic rings. The average Bonchev–Trinajstić information content (AvgIpc) is 3.11. The molecule has 0 heterocycles. The summed E-state index contributed by atoms with van der Waals surface area (Å²) in [5.41, 5.74) is 5.22. The van der Waals surface area contributed by atoms with Gasteiger partial charge in [0.25, 0.3) is 0 Å². The Morgan fingerprint density at radius 2 is 2.10 bits per heavy atom. The third-order valence-corrected chi connectivity index (χ3v) is 5.39. The van der Waals surface area contributed by atoms with Crippen LogP contribution in [0.5, 0.6) is 0 Å². The van der Waals surface area contributed by atoms with Crippen molar-refractivity contribution in [2.24, 2.45) is 17.6 Å². The van der Waals surface area contributed by atoms with Gasteiger partial charge in [-0.1, -0.05) is 6.42 Å². The molecule has 116 valence electrons. The normalized spacial score (nSPS) is 30.4. The molecule has 2 atom stereocenters. The van der Waals surface area contributed by atoms with Gasteiger partial charge in [0, 0.05) is 12.6 Å². The van der Waals surface area contributed by atoms with Crippen molar-refractivity contribution in [1.29, 1.82) is 0 Å². The summed E-state index contributed by atoms with van der Waals surface area (Å²) in [6, 6.07) is 0.592. The quantitative estimate of drug-likeness (QED) is 0.712. The van der Waals surface area contributed by atoms with Crippen LogP contribution in [0.4, 0.5) is 0 Å². The van der Waals surface area contributed by atoms with E-state index in [1.807, 2.05) is 7.05 Å². The highest BCUT2D eigenvalue weighted by Crippen LogP contribution is 2.38. The Hall–Kier alpha value is -0.610. The monoisotopic (exact) mass is 281 g/mol. The summed E-state index contributed by atoms with van der Waals surface area (Å²) in [4.78, 5) is 14.5. The summed E-state index contributed by atoms with van der Waals surface area (Å²) in [5, 5.41) is 3.24. The Labute approximate surface area is 123 Å². The van der Waals surface area contributed by atoms with Crippen LogP contribution >= 0.6 is 0 Å². The largest absolute Gasteiger partial charge is 0.368 e. The number of primary amides is 1. The number of rotatable bonds is 8. The zero-order chi connectivity index (χ0) is 14.8. The van der Waals surface area contributed by atoms with Crippen LogP contribution in [0, 0.1) is 11.8 Å². The Morgan fingerprint density at radius 1 is 1.40 bits per heavy atom. The molecule has 2 aliphatic carbocycles. The van der Waals surface area contributed by atoms with Crippen LogP contribution in [-0.2, 0) is 4.79 Å². The minimum absolute atomic E-state index is 0.166. The lowest BCUT2D eigenvalue weighted by molar-refractivity contribution is -0.125. The number of carbonyl (C=O) groups is 1. The van der Waals surface area contributed by atoms with E-state index < -0.39 is 5.54 Å². The molecule has 0 aromatic rings. The summed E-state index contributed by atoms with van der Waals surface area (Å²) in [5.74, 6) is 1.15. The van der Waals surface area contributed by atoms with Gasteiger partial charge in [0.1, 0.15) is 5.54 Å². The van der Waals surface area contributed by atoms with E-state index in [0.29, 0.717) is 12.0 Å². The van der Waals surface area contributed by atoms with Crippen LogP contribution < -0.4 is 11.1 Å². The Morgan fingerprint density at radius 3 is 2.60 bits per heavy atom. The van der Waals surface area contributed by atoms with Crippen LogP contribution in [-0.4, -0.2) is 42.5 Å². The zero-order valence-corrected chi connectivity index (χ0v) is 13.3. The van der Waals surface area contributed by atoms with Crippen molar-refractivity contribution in [3.63, 3.8) is 0 Å². The van der Waals surface area contributed by atoms with Crippen LogP contribution in [0.25, 0.3) is 0 Å². The highest BCUT2D eigenvalue weighted by molar-refractivity contribution is 5.85. The average molecular weight is 281 g/mol. The van der Waals surface area contributed by atoms with E-state index in [1.165, 1.54) is 19.4 Å². The molecule has 3 N–H and O–H groups in total. The molecule has 0 aromatic carbocycles. The fourth-order valence-corrected chi connectivity index (χ4v) is 3.76. The lowest BCUT2D eigenvalue weighted by Crippen LogP contribution is -2.57. The standard InChI is InChI=1S/C16H31N3O/c1-12(2)19(11-13-6-7-13)10-8-14-5-4-9-16(14,18-3)15(17)20/h12-14,18H,4-11H2,1-3H3,(H2,17,20).